The third-order valence-electron chi connectivity index (χ3n) is 2.18. The summed E-state index contributed by atoms with van der Waals surface area (Å²) in [5, 5.41) is 0. The van der Waals surface area contributed by atoms with Crippen LogP contribution in [0.5, 0.6) is 0 Å². The molecule has 16 heavy (non-hydrogen) atoms. The molecule has 2 rings (SSSR count). The Balaban J connectivity index is 2.43. The van der Waals surface area contributed by atoms with Crippen molar-refractivity contribution in [1.29, 1.82) is 0 Å². The minimum Gasteiger partial charge on any atom is -0.397 e. The van der Waals surface area contributed by atoms with Gasteiger partial charge in [-0.25, -0.2) is 4.98 Å². The first-order chi connectivity index (χ1) is 7.48. The number of alkyl halides is 3. The average molecular weight is 249 g/mol. The van der Waals surface area contributed by atoms with Gasteiger partial charge in [-0.3, -0.25) is 0 Å². The van der Waals surface area contributed by atoms with Crippen molar-refractivity contribution in [2.75, 3.05) is 22.3 Å². The maximum absolute atomic E-state index is 12.8. The lowest BCUT2D eigenvalue weighted by Crippen LogP contribution is -2.18. The predicted molar refractivity (Wildman–Crippen MR) is 58.1 cm³/mol. The van der Waals surface area contributed by atoms with E-state index < -0.39 is 11.7 Å². The lowest BCUT2D eigenvalue weighted by molar-refractivity contribution is -0.137. The molecule has 0 amide bonds. The molecule has 1 saturated heterocycles. The first-order valence-electron chi connectivity index (χ1n) is 4.71. The van der Waals surface area contributed by atoms with Crippen LogP contribution in [0.25, 0.3) is 0 Å². The zero-order chi connectivity index (χ0) is 11.8. The molecule has 1 fully saturated rings. The summed E-state index contributed by atoms with van der Waals surface area (Å²) in [5.41, 5.74) is 4.60. The van der Waals surface area contributed by atoms with Gasteiger partial charge in [0.2, 0.25) is 0 Å². The predicted octanol–water partition coefficient (Wildman–Crippen LogP) is 2.54. The standard InChI is InChI=1S/C9H10F3N3S/c10-9(11,12)7-4-6(13)5-14-8(7)15-2-1-3-16-15/h4-5H,1-3,13H2. The van der Waals surface area contributed by atoms with E-state index in [4.69, 9.17) is 5.73 Å². The third kappa shape index (κ3) is 2.18. The number of halogens is 3. The van der Waals surface area contributed by atoms with Crippen LogP contribution in [0.2, 0.25) is 0 Å². The Morgan fingerprint density at radius 2 is 2.19 bits per heavy atom. The van der Waals surface area contributed by atoms with Crippen molar-refractivity contribution in [3.63, 3.8) is 0 Å². The number of nitrogens with two attached hydrogens (primary N) is 1. The number of pyridine rings is 1. The molecule has 7 heteroatoms. The summed E-state index contributed by atoms with van der Waals surface area (Å²) in [6, 6.07) is 0.932. The van der Waals surface area contributed by atoms with Crippen LogP contribution >= 0.6 is 11.9 Å². The Morgan fingerprint density at radius 3 is 2.75 bits per heavy atom. The van der Waals surface area contributed by atoms with Crippen LogP contribution in [0.15, 0.2) is 12.3 Å². The molecule has 0 radical (unpaired) electrons. The maximum atomic E-state index is 12.8. The lowest BCUT2D eigenvalue weighted by Gasteiger charge is -2.20. The van der Waals surface area contributed by atoms with Crippen molar-refractivity contribution in [2.24, 2.45) is 0 Å². The molecule has 0 spiro atoms. The highest BCUT2D eigenvalue weighted by Gasteiger charge is 2.36. The van der Waals surface area contributed by atoms with E-state index in [1.807, 2.05) is 0 Å². The van der Waals surface area contributed by atoms with E-state index in [0.29, 0.717) is 6.54 Å². The molecule has 0 aliphatic carbocycles. The van der Waals surface area contributed by atoms with Crippen LogP contribution in [0.3, 0.4) is 0 Å². The van der Waals surface area contributed by atoms with Crippen molar-refractivity contribution < 1.29 is 13.2 Å². The SMILES string of the molecule is Nc1cnc(N2CCCS2)c(C(F)(F)F)c1. The lowest BCUT2D eigenvalue weighted by atomic mass is 10.2. The monoisotopic (exact) mass is 249 g/mol. The molecule has 0 aromatic carbocycles. The van der Waals surface area contributed by atoms with Crippen molar-refractivity contribution in [1.82, 2.24) is 4.98 Å². The first-order valence-corrected chi connectivity index (χ1v) is 5.66. The second-order valence-electron chi connectivity index (χ2n) is 3.43. The minimum atomic E-state index is -4.42. The highest BCUT2D eigenvalue weighted by molar-refractivity contribution is 8.00. The van der Waals surface area contributed by atoms with Gasteiger partial charge in [-0.15, -0.1) is 0 Å². The molecule has 1 aliphatic rings. The Kier molecular flexibility index (Phi) is 2.88. The summed E-state index contributed by atoms with van der Waals surface area (Å²) < 4.78 is 39.8. The third-order valence-corrected chi connectivity index (χ3v) is 3.32. The molecule has 1 aromatic rings. The van der Waals surface area contributed by atoms with Gasteiger partial charge in [-0.1, -0.05) is 0 Å². The fraction of sp³-hybridized carbons (Fsp3) is 0.444. The van der Waals surface area contributed by atoms with E-state index in [-0.39, 0.29) is 11.5 Å². The molecular weight excluding hydrogens is 239 g/mol. The van der Waals surface area contributed by atoms with Crippen LogP contribution < -0.4 is 10.0 Å². The fourth-order valence-electron chi connectivity index (χ4n) is 1.50. The van der Waals surface area contributed by atoms with Gasteiger partial charge in [-0.05, 0) is 24.4 Å². The van der Waals surface area contributed by atoms with Gasteiger partial charge in [0.25, 0.3) is 0 Å². The molecule has 0 atom stereocenters. The molecule has 1 aliphatic heterocycles. The highest BCUT2D eigenvalue weighted by Crippen LogP contribution is 2.39. The van der Waals surface area contributed by atoms with Gasteiger partial charge < -0.3 is 10.0 Å². The number of rotatable bonds is 1. The number of nitrogen functional groups attached to an aromatic ring is 1. The number of anilines is 2. The molecule has 88 valence electrons. The summed E-state index contributed by atoms with van der Waals surface area (Å²) in [7, 11) is 0. The van der Waals surface area contributed by atoms with Crippen LogP contribution in [0.1, 0.15) is 12.0 Å². The van der Waals surface area contributed by atoms with Gasteiger partial charge in [0.15, 0.2) is 5.82 Å². The molecule has 1 aromatic heterocycles. The second kappa shape index (κ2) is 4.04. The zero-order valence-electron chi connectivity index (χ0n) is 8.29. The summed E-state index contributed by atoms with van der Waals surface area (Å²) in [6.45, 7) is 0.588. The van der Waals surface area contributed by atoms with E-state index in [2.05, 4.69) is 4.98 Å². The van der Waals surface area contributed by atoms with Crippen LogP contribution in [0, 0.1) is 0 Å². The molecule has 3 nitrogen and oxygen atoms in total. The first kappa shape index (κ1) is 11.4. The fourth-order valence-corrected chi connectivity index (χ4v) is 2.50. The smallest absolute Gasteiger partial charge is 0.397 e. The van der Waals surface area contributed by atoms with Gasteiger partial charge >= 0.3 is 6.18 Å². The van der Waals surface area contributed by atoms with Gasteiger partial charge in [0.1, 0.15) is 5.56 Å². The van der Waals surface area contributed by atoms with Crippen molar-refractivity contribution >= 4 is 23.5 Å². The Hall–Kier alpha value is -1.11. The Labute approximate surface area is 95.0 Å². The van der Waals surface area contributed by atoms with Gasteiger partial charge in [0.05, 0.1) is 11.9 Å². The van der Waals surface area contributed by atoms with Crippen molar-refractivity contribution in [2.45, 2.75) is 12.6 Å². The van der Waals surface area contributed by atoms with Gasteiger partial charge in [0, 0.05) is 12.3 Å². The largest absolute Gasteiger partial charge is 0.420 e. The van der Waals surface area contributed by atoms with E-state index in [1.165, 1.54) is 18.1 Å². The number of hydrogen-bond donors (Lipinski definition) is 1. The Morgan fingerprint density at radius 1 is 1.44 bits per heavy atom. The topological polar surface area (TPSA) is 42.1 Å². The molecule has 0 bridgehead atoms. The Bertz CT molecular complexity index is 388. The van der Waals surface area contributed by atoms with Crippen molar-refractivity contribution in [3.8, 4) is 0 Å². The van der Waals surface area contributed by atoms with E-state index >= 15 is 0 Å². The quantitative estimate of drug-likeness (QED) is 0.777. The number of nitrogens with zero attached hydrogens (tertiary/aromatic N) is 2. The second-order valence-corrected chi connectivity index (χ2v) is 4.53. The summed E-state index contributed by atoms with van der Waals surface area (Å²) in [4.78, 5) is 3.79. The number of hydrogen-bond acceptors (Lipinski definition) is 4. The molecule has 0 saturated carbocycles. The molecule has 2 N–H and O–H groups in total. The zero-order valence-corrected chi connectivity index (χ0v) is 9.11. The average Bonchev–Trinajstić information content (AvgIpc) is 2.69. The number of aromatic nitrogens is 1. The maximum Gasteiger partial charge on any atom is 0.420 e. The van der Waals surface area contributed by atoms with Crippen LogP contribution in [0.4, 0.5) is 24.7 Å². The summed E-state index contributed by atoms with van der Waals surface area (Å²) in [6.07, 6.45) is -2.29. The minimum absolute atomic E-state index is 0.0280. The summed E-state index contributed by atoms with van der Waals surface area (Å²) in [5.74, 6) is 0.785. The molecule has 2 heterocycles. The van der Waals surface area contributed by atoms with Crippen LogP contribution in [-0.2, 0) is 6.18 Å². The van der Waals surface area contributed by atoms with Gasteiger partial charge in [-0.2, -0.15) is 13.2 Å². The van der Waals surface area contributed by atoms with Crippen LogP contribution in [-0.4, -0.2) is 17.3 Å². The molecule has 0 unspecified atom stereocenters. The van der Waals surface area contributed by atoms with E-state index in [9.17, 15) is 13.2 Å². The van der Waals surface area contributed by atoms with E-state index in [1.54, 1.807) is 4.31 Å². The molecular formula is C9H10F3N3S. The normalized spacial score (nSPS) is 16.8. The van der Waals surface area contributed by atoms with Crippen molar-refractivity contribution in [3.05, 3.63) is 17.8 Å². The van der Waals surface area contributed by atoms with E-state index in [0.717, 1.165) is 18.2 Å². The highest BCUT2D eigenvalue weighted by atomic mass is 32.2. The summed E-state index contributed by atoms with van der Waals surface area (Å²) >= 11 is 1.36.